The molecule has 6 heteroatoms. The monoisotopic (exact) mass is 263 g/mol. The van der Waals surface area contributed by atoms with Gasteiger partial charge in [0.2, 0.25) is 5.28 Å². The third-order valence-electron chi connectivity index (χ3n) is 2.30. The van der Waals surface area contributed by atoms with E-state index in [4.69, 9.17) is 11.6 Å². The predicted molar refractivity (Wildman–Crippen MR) is 67.7 cm³/mol. The first-order valence-electron chi connectivity index (χ1n) is 5.20. The minimum Gasteiger partial charge on any atom is -0.465 e. The first-order valence-corrected chi connectivity index (χ1v) is 5.57. The molecule has 1 aromatic heterocycles. The van der Waals surface area contributed by atoms with Gasteiger partial charge in [0.05, 0.1) is 6.54 Å². The van der Waals surface area contributed by atoms with Crippen LogP contribution in [0.3, 0.4) is 0 Å². The molecule has 0 aliphatic rings. The lowest BCUT2D eigenvalue weighted by molar-refractivity contribution is 0.201. The Morgan fingerprint density at radius 3 is 2.61 bits per heavy atom. The van der Waals surface area contributed by atoms with Crippen LogP contribution in [-0.2, 0) is 6.54 Å². The molecule has 0 unspecified atom stereocenters. The highest BCUT2D eigenvalue weighted by molar-refractivity contribution is 6.28. The average Bonchev–Trinajstić information content (AvgIpc) is 2.37. The fraction of sp³-hybridized carbons (Fsp3) is 0.0833. The smallest absolute Gasteiger partial charge is 0.413 e. The van der Waals surface area contributed by atoms with Gasteiger partial charge in [0.25, 0.3) is 0 Å². The van der Waals surface area contributed by atoms with E-state index in [1.807, 2.05) is 30.3 Å². The normalized spacial score (nSPS) is 10.1. The highest BCUT2D eigenvalue weighted by atomic mass is 35.5. The van der Waals surface area contributed by atoms with Crippen molar-refractivity contribution in [2.24, 2.45) is 0 Å². The van der Waals surface area contributed by atoms with E-state index in [0.29, 0.717) is 0 Å². The van der Waals surface area contributed by atoms with Crippen molar-refractivity contribution in [3.8, 4) is 0 Å². The quantitative estimate of drug-likeness (QED) is 0.865. The molecule has 0 atom stereocenters. The van der Waals surface area contributed by atoms with E-state index in [1.54, 1.807) is 0 Å². The zero-order chi connectivity index (χ0) is 13.0. The topological polar surface area (TPSA) is 66.3 Å². The van der Waals surface area contributed by atoms with Gasteiger partial charge in [-0.15, -0.1) is 0 Å². The molecule has 1 heterocycles. The van der Waals surface area contributed by atoms with Gasteiger partial charge in [-0.3, -0.25) is 4.90 Å². The number of hydrogen-bond acceptors (Lipinski definition) is 3. The molecule has 0 radical (unpaired) electrons. The van der Waals surface area contributed by atoms with E-state index < -0.39 is 6.09 Å². The SMILES string of the molecule is O=C(O)N(Cc1ccccc1)c1ccnc(Cl)n1. The van der Waals surface area contributed by atoms with Crippen LogP contribution in [0.2, 0.25) is 5.28 Å². The van der Waals surface area contributed by atoms with Gasteiger partial charge in [-0.2, -0.15) is 0 Å². The summed E-state index contributed by atoms with van der Waals surface area (Å²) in [6, 6.07) is 10.8. The van der Waals surface area contributed by atoms with Gasteiger partial charge >= 0.3 is 6.09 Å². The second-order valence-electron chi connectivity index (χ2n) is 3.54. The number of benzene rings is 1. The van der Waals surface area contributed by atoms with Crippen molar-refractivity contribution in [2.45, 2.75) is 6.54 Å². The third kappa shape index (κ3) is 2.95. The van der Waals surface area contributed by atoms with Gasteiger partial charge in [-0.1, -0.05) is 30.3 Å². The number of carbonyl (C=O) groups is 1. The van der Waals surface area contributed by atoms with Crippen molar-refractivity contribution < 1.29 is 9.90 Å². The molecule has 0 spiro atoms. The van der Waals surface area contributed by atoms with Crippen molar-refractivity contribution in [3.63, 3.8) is 0 Å². The lowest BCUT2D eigenvalue weighted by Gasteiger charge is -2.18. The van der Waals surface area contributed by atoms with Gasteiger partial charge in [-0.05, 0) is 23.2 Å². The third-order valence-corrected chi connectivity index (χ3v) is 2.48. The van der Waals surface area contributed by atoms with Gasteiger partial charge in [-0.25, -0.2) is 14.8 Å². The molecule has 0 saturated carbocycles. The molecule has 0 saturated heterocycles. The number of carboxylic acid groups (broad SMARTS) is 1. The number of hydrogen-bond donors (Lipinski definition) is 1. The number of anilines is 1. The summed E-state index contributed by atoms with van der Waals surface area (Å²) in [5.74, 6) is 0.256. The summed E-state index contributed by atoms with van der Waals surface area (Å²) in [4.78, 5) is 20.0. The van der Waals surface area contributed by atoms with Gasteiger partial charge in [0.1, 0.15) is 5.82 Å². The summed E-state index contributed by atoms with van der Waals surface area (Å²) in [6.07, 6.45) is 0.333. The van der Waals surface area contributed by atoms with E-state index in [9.17, 15) is 9.90 Å². The summed E-state index contributed by atoms with van der Waals surface area (Å²) >= 11 is 5.65. The average molecular weight is 264 g/mol. The van der Waals surface area contributed by atoms with Crippen LogP contribution in [0.15, 0.2) is 42.6 Å². The molecule has 0 fully saturated rings. The Morgan fingerprint density at radius 2 is 2.00 bits per heavy atom. The maximum absolute atomic E-state index is 11.2. The first kappa shape index (κ1) is 12.3. The van der Waals surface area contributed by atoms with E-state index in [2.05, 4.69) is 9.97 Å². The van der Waals surface area contributed by atoms with Crippen LogP contribution < -0.4 is 4.90 Å². The highest BCUT2D eigenvalue weighted by Crippen LogP contribution is 2.15. The minimum absolute atomic E-state index is 0.0202. The number of rotatable bonds is 3. The molecule has 18 heavy (non-hydrogen) atoms. The molecule has 2 rings (SSSR count). The molecule has 1 N–H and O–H groups in total. The first-order chi connectivity index (χ1) is 8.66. The Hall–Kier alpha value is -2.14. The van der Waals surface area contributed by atoms with Crippen LogP contribution in [0.5, 0.6) is 0 Å². The lowest BCUT2D eigenvalue weighted by atomic mass is 10.2. The lowest BCUT2D eigenvalue weighted by Crippen LogP contribution is -2.29. The predicted octanol–water partition coefficient (Wildman–Crippen LogP) is 2.81. The molecule has 92 valence electrons. The maximum atomic E-state index is 11.2. The molecule has 5 nitrogen and oxygen atoms in total. The van der Waals surface area contributed by atoms with Crippen LogP contribution in [0, 0.1) is 0 Å². The summed E-state index contributed by atoms with van der Waals surface area (Å²) < 4.78 is 0. The standard InChI is InChI=1S/C12H10ClN3O2/c13-11-14-7-6-10(15-11)16(12(17)18)8-9-4-2-1-3-5-9/h1-7H,8H2,(H,17,18). The van der Waals surface area contributed by atoms with Crippen molar-refractivity contribution in [1.82, 2.24) is 9.97 Å². The van der Waals surface area contributed by atoms with E-state index in [0.717, 1.165) is 10.5 Å². The Labute approximate surface area is 109 Å². The maximum Gasteiger partial charge on any atom is 0.413 e. The molecule has 0 bridgehead atoms. The Kier molecular flexibility index (Phi) is 3.74. The molecule has 1 aromatic carbocycles. The molecular formula is C12H10ClN3O2. The Morgan fingerprint density at radius 1 is 1.28 bits per heavy atom. The van der Waals surface area contributed by atoms with Gasteiger partial charge in [0, 0.05) is 6.20 Å². The summed E-state index contributed by atoms with van der Waals surface area (Å²) in [6.45, 7) is 0.212. The van der Waals surface area contributed by atoms with E-state index in [1.165, 1.54) is 12.3 Å². The summed E-state index contributed by atoms with van der Waals surface area (Å²) in [5.41, 5.74) is 0.870. The fourth-order valence-electron chi connectivity index (χ4n) is 1.49. The van der Waals surface area contributed by atoms with Crippen molar-refractivity contribution in [3.05, 3.63) is 53.4 Å². The number of halogens is 1. The largest absolute Gasteiger partial charge is 0.465 e. The number of aromatic nitrogens is 2. The Balaban J connectivity index is 2.27. The van der Waals surface area contributed by atoms with Crippen molar-refractivity contribution in [1.29, 1.82) is 0 Å². The molecule has 0 aliphatic heterocycles. The van der Waals surface area contributed by atoms with Gasteiger partial charge in [0.15, 0.2) is 0 Å². The molecule has 2 aromatic rings. The summed E-state index contributed by atoms with van der Waals surface area (Å²) in [5, 5.41) is 9.22. The van der Waals surface area contributed by atoms with Gasteiger partial charge < -0.3 is 5.11 Å². The second-order valence-corrected chi connectivity index (χ2v) is 3.88. The molecule has 1 amide bonds. The zero-order valence-electron chi connectivity index (χ0n) is 9.32. The van der Waals surface area contributed by atoms with E-state index >= 15 is 0 Å². The molecule has 0 aliphatic carbocycles. The zero-order valence-corrected chi connectivity index (χ0v) is 10.1. The van der Waals surface area contributed by atoms with E-state index in [-0.39, 0.29) is 17.6 Å². The van der Waals surface area contributed by atoms with Crippen LogP contribution >= 0.6 is 11.6 Å². The summed E-state index contributed by atoms with van der Waals surface area (Å²) in [7, 11) is 0. The molecular weight excluding hydrogens is 254 g/mol. The number of amides is 1. The van der Waals surface area contributed by atoms with Crippen LogP contribution in [0.25, 0.3) is 0 Å². The highest BCUT2D eigenvalue weighted by Gasteiger charge is 2.16. The minimum atomic E-state index is -1.09. The Bertz CT molecular complexity index is 548. The van der Waals surface area contributed by atoms with Crippen LogP contribution in [0.1, 0.15) is 5.56 Å². The second kappa shape index (κ2) is 5.46. The van der Waals surface area contributed by atoms with Crippen LogP contribution in [0.4, 0.5) is 10.6 Å². The van der Waals surface area contributed by atoms with Crippen molar-refractivity contribution in [2.75, 3.05) is 4.90 Å². The number of nitrogens with zero attached hydrogens (tertiary/aromatic N) is 3. The van der Waals surface area contributed by atoms with Crippen LogP contribution in [-0.4, -0.2) is 21.2 Å². The fourth-order valence-corrected chi connectivity index (χ4v) is 1.63. The van der Waals surface area contributed by atoms with Crippen molar-refractivity contribution >= 4 is 23.5 Å².